The minimum absolute atomic E-state index is 0.00968. The van der Waals surface area contributed by atoms with Gasteiger partial charge in [0.2, 0.25) is 0 Å². The van der Waals surface area contributed by atoms with Crippen molar-refractivity contribution in [3.8, 4) is 0 Å². The molecule has 1 heterocycles. The van der Waals surface area contributed by atoms with Crippen molar-refractivity contribution in [2.75, 3.05) is 26.3 Å². The summed E-state index contributed by atoms with van der Waals surface area (Å²) < 4.78 is 10.2. The Bertz CT molecular complexity index is 280. The fourth-order valence-corrected chi connectivity index (χ4v) is 1.90. The van der Waals surface area contributed by atoms with Gasteiger partial charge in [0, 0.05) is 13.2 Å². The second-order valence-corrected chi connectivity index (χ2v) is 4.21. The number of carbonyl (C=O) groups is 2. The Kier molecular flexibility index (Phi) is 5.41. The number of ether oxygens (including phenoxy) is 2. The zero-order valence-electron chi connectivity index (χ0n) is 10.8. The first-order valence-corrected chi connectivity index (χ1v) is 6.16. The molecular formula is C12H21NO4. The van der Waals surface area contributed by atoms with E-state index in [9.17, 15) is 9.59 Å². The van der Waals surface area contributed by atoms with Crippen molar-refractivity contribution >= 4 is 11.9 Å². The molecule has 17 heavy (non-hydrogen) atoms. The van der Waals surface area contributed by atoms with Gasteiger partial charge in [-0.1, -0.05) is 6.92 Å². The Morgan fingerprint density at radius 3 is 2.59 bits per heavy atom. The van der Waals surface area contributed by atoms with Gasteiger partial charge in [0.1, 0.15) is 12.6 Å². The fourth-order valence-electron chi connectivity index (χ4n) is 1.90. The summed E-state index contributed by atoms with van der Waals surface area (Å²) in [5, 5.41) is 0. The van der Waals surface area contributed by atoms with Crippen molar-refractivity contribution in [2.45, 2.75) is 33.3 Å². The number of hydrogen-bond acceptors (Lipinski definition) is 4. The molecule has 2 unspecified atom stereocenters. The van der Waals surface area contributed by atoms with Gasteiger partial charge < -0.3 is 14.4 Å². The van der Waals surface area contributed by atoms with Crippen LogP contribution >= 0.6 is 0 Å². The summed E-state index contributed by atoms with van der Waals surface area (Å²) in [7, 11) is 0. The summed E-state index contributed by atoms with van der Waals surface area (Å²) in [6, 6.07) is 0. The zero-order chi connectivity index (χ0) is 12.8. The van der Waals surface area contributed by atoms with E-state index >= 15 is 0 Å². The Morgan fingerprint density at radius 2 is 2.12 bits per heavy atom. The molecule has 1 rings (SSSR count). The number of amides is 1. The maximum atomic E-state index is 12.1. The number of likely N-dealkylation sites (N-methyl/N-ethyl adjacent to an activating group) is 1. The third-order valence-corrected chi connectivity index (χ3v) is 2.95. The molecule has 0 N–H and O–H groups in total. The van der Waals surface area contributed by atoms with Crippen LogP contribution in [0.5, 0.6) is 0 Å². The monoisotopic (exact) mass is 243 g/mol. The molecule has 0 aliphatic carbocycles. The molecule has 1 saturated heterocycles. The first kappa shape index (κ1) is 14.0. The van der Waals surface area contributed by atoms with E-state index in [0.29, 0.717) is 19.8 Å². The maximum absolute atomic E-state index is 12.1. The average molecular weight is 243 g/mol. The molecular weight excluding hydrogens is 222 g/mol. The lowest BCUT2D eigenvalue weighted by molar-refractivity contribution is -0.152. The van der Waals surface area contributed by atoms with Crippen molar-refractivity contribution in [2.24, 2.45) is 5.92 Å². The molecule has 1 aliphatic heterocycles. The molecule has 0 spiro atoms. The molecule has 0 aromatic carbocycles. The highest BCUT2D eigenvalue weighted by atomic mass is 16.5. The highest BCUT2D eigenvalue weighted by Gasteiger charge is 2.34. The predicted molar refractivity (Wildman–Crippen MR) is 62.4 cm³/mol. The van der Waals surface area contributed by atoms with Crippen molar-refractivity contribution in [3.63, 3.8) is 0 Å². The highest BCUT2D eigenvalue weighted by molar-refractivity contribution is 5.85. The lowest BCUT2D eigenvalue weighted by atomic mass is 10.0. The number of rotatable bonds is 5. The van der Waals surface area contributed by atoms with Crippen LogP contribution in [0.3, 0.4) is 0 Å². The molecule has 5 heteroatoms. The van der Waals surface area contributed by atoms with Crippen molar-refractivity contribution in [1.82, 2.24) is 4.90 Å². The molecule has 0 bridgehead atoms. The number of carbonyl (C=O) groups excluding carboxylic acids is 2. The Hall–Kier alpha value is -1.10. The topological polar surface area (TPSA) is 55.8 Å². The van der Waals surface area contributed by atoms with Gasteiger partial charge in [-0.2, -0.15) is 0 Å². The molecule has 98 valence electrons. The minimum atomic E-state index is -0.399. The third-order valence-electron chi connectivity index (χ3n) is 2.95. The van der Waals surface area contributed by atoms with E-state index in [2.05, 4.69) is 0 Å². The van der Waals surface area contributed by atoms with E-state index in [4.69, 9.17) is 9.47 Å². The van der Waals surface area contributed by atoms with Crippen LogP contribution in [0.4, 0.5) is 0 Å². The Balaban J connectivity index is 2.54. The van der Waals surface area contributed by atoms with Crippen LogP contribution in [0, 0.1) is 5.92 Å². The van der Waals surface area contributed by atoms with Crippen LogP contribution < -0.4 is 0 Å². The summed E-state index contributed by atoms with van der Waals surface area (Å²) in [5.74, 6) is -0.252. The van der Waals surface area contributed by atoms with Gasteiger partial charge in [-0.25, -0.2) is 0 Å². The lowest BCUT2D eigenvalue weighted by Crippen LogP contribution is -2.44. The van der Waals surface area contributed by atoms with E-state index in [-0.39, 0.29) is 24.3 Å². The molecule has 0 radical (unpaired) electrons. The standard InChI is InChI=1S/C12H21NO4/c1-4-13(8-10(14)16-5-2)12(15)11-9(3)6-7-17-11/h9,11H,4-8H2,1-3H3. The van der Waals surface area contributed by atoms with Gasteiger partial charge in [0.05, 0.1) is 6.61 Å². The first-order chi connectivity index (χ1) is 8.10. The second-order valence-electron chi connectivity index (χ2n) is 4.21. The Labute approximate surface area is 102 Å². The van der Waals surface area contributed by atoms with Gasteiger partial charge in [-0.05, 0) is 26.2 Å². The van der Waals surface area contributed by atoms with Crippen molar-refractivity contribution in [3.05, 3.63) is 0 Å². The molecule has 0 aromatic heterocycles. The van der Waals surface area contributed by atoms with E-state index in [0.717, 1.165) is 6.42 Å². The first-order valence-electron chi connectivity index (χ1n) is 6.16. The van der Waals surface area contributed by atoms with Crippen LogP contribution in [0.2, 0.25) is 0 Å². The van der Waals surface area contributed by atoms with E-state index in [1.165, 1.54) is 4.90 Å². The molecule has 1 fully saturated rings. The van der Waals surface area contributed by atoms with E-state index in [1.807, 2.05) is 13.8 Å². The number of esters is 1. The van der Waals surface area contributed by atoms with Gasteiger partial charge in [-0.15, -0.1) is 0 Å². The molecule has 5 nitrogen and oxygen atoms in total. The number of nitrogens with zero attached hydrogens (tertiary/aromatic N) is 1. The predicted octanol–water partition coefficient (Wildman–Crippen LogP) is 0.823. The molecule has 2 atom stereocenters. The smallest absolute Gasteiger partial charge is 0.325 e. The van der Waals surface area contributed by atoms with Crippen molar-refractivity contribution in [1.29, 1.82) is 0 Å². The lowest BCUT2D eigenvalue weighted by Gasteiger charge is -2.24. The van der Waals surface area contributed by atoms with Crippen LogP contribution in [0.25, 0.3) is 0 Å². The Morgan fingerprint density at radius 1 is 1.41 bits per heavy atom. The highest BCUT2D eigenvalue weighted by Crippen LogP contribution is 2.21. The quantitative estimate of drug-likeness (QED) is 0.671. The average Bonchev–Trinajstić information content (AvgIpc) is 2.72. The number of hydrogen-bond donors (Lipinski definition) is 0. The van der Waals surface area contributed by atoms with E-state index < -0.39 is 6.10 Å². The van der Waals surface area contributed by atoms with Gasteiger partial charge in [-0.3, -0.25) is 9.59 Å². The molecule has 0 saturated carbocycles. The normalized spacial score (nSPS) is 23.5. The van der Waals surface area contributed by atoms with Gasteiger partial charge >= 0.3 is 5.97 Å². The summed E-state index contributed by atoms with van der Waals surface area (Å²) in [6.45, 7) is 7.04. The van der Waals surface area contributed by atoms with Crippen LogP contribution in [0.15, 0.2) is 0 Å². The van der Waals surface area contributed by atoms with Gasteiger partial charge in [0.15, 0.2) is 0 Å². The zero-order valence-corrected chi connectivity index (χ0v) is 10.8. The largest absolute Gasteiger partial charge is 0.465 e. The van der Waals surface area contributed by atoms with Crippen molar-refractivity contribution < 1.29 is 19.1 Å². The third kappa shape index (κ3) is 3.70. The van der Waals surface area contributed by atoms with Gasteiger partial charge in [0.25, 0.3) is 5.91 Å². The summed E-state index contributed by atoms with van der Waals surface area (Å²) in [4.78, 5) is 25.0. The van der Waals surface area contributed by atoms with Crippen LogP contribution in [-0.2, 0) is 19.1 Å². The summed E-state index contributed by atoms with van der Waals surface area (Å²) >= 11 is 0. The summed E-state index contributed by atoms with van der Waals surface area (Å²) in [5.41, 5.74) is 0. The molecule has 1 aliphatic rings. The maximum Gasteiger partial charge on any atom is 0.325 e. The minimum Gasteiger partial charge on any atom is -0.465 e. The van der Waals surface area contributed by atoms with E-state index in [1.54, 1.807) is 6.92 Å². The van der Waals surface area contributed by atoms with Crippen LogP contribution in [0.1, 0.15) is 27.2 Å². The molecule has 1 amide bonds. The molecule has 0 aromatic rings. The summed E-state index contributed by atoms with van der Waals surface area (Å²) in [6.07, 6.45) is 0.497. The SMILES string of the molecule is CCOC(=O)CN(CC)C(=O)C1OCCC1C. The van der Waals surface area contributed by atoms with Crippen LogP contribution in [-0.4, -0.2) is 49.2 Å². The second kappa shape index (κ2) is 6.59. The fraction of sp³-hybridized carbons (Fsp3) is 0.833.